The molecule has 0 atom stereocenters. The van der Waals surface area contributed by atoms with Crippen molar-refractivity contribution in [2.45, 2.75) is 13.8 Å². The molecule has 0 heterocycles. The van der Waals surface area contributed by atoms with Gasteiger partial charge in [-0.3, -0.25) is 0 Å². The van der Waals surface area contributed by atoms with E-state index in [9.17, 15) is 0 Å². The topological polar surface area (TPSA) is 9.23 Å². The Kier molecular flexibility index (Phi) is 4.08. The van der Waals surface area contributed by atoms with Gasteiger partial charge in [-0.2, -0.15) is 0 Å². The Morgan fingerprint density at radius 1 is 1.23 bits per heavy atom. The summed E-state index contributed by atoms with van der Waals surface area (Å²) in [6, 6.07) is 8.16. The van der Waals surface area contributed by atoms with Gasteiger partial charge in [0, 0.05) is 12.2 Å². The summed E-state index contributed by atoms with van der Waals surface area (Å²) in [4.78, 5) is 0. The third-order valence-corrected chi connectivity index (χ3v) is 1.66. The summed E-state index contributed by atoms with van der Waals surface area (Å²) in [5.41, 5.74) is 2.31. The molecule has 68 valence electrons. The lowest BCUT2D eigenvalue weighted by molar-refractivity contribution is 0.182. The van der Waals surface area contributed by atoms with E-state index in [1.54, 1.807) is 0 Å². The van der Waals surface area contributed by atoms with Crippen molar-refractivity contribution in [3.63, 3.8) is 0 Å². The van der Waals surface area contributed by atoms with Gasteiger partial charge in [-0.1, -0.05) is 29.5 Å². The van der Waals surface area contributed by atoms with Gasteiger partial charge < -0.3 is 4.74 Å². The number of aryl methyl sites for hydroxylation is 1. The molecule has 0 aliphatic rings. The van der Waals surface area contributed by atoms with Crippen LogP contribution in [-0.2, 0) is 4.74 Å². The van der Waals surface area contributed by atoms with Gasteiger partial charge in [0.2, 0.25) is 0 Å². The maximum absolute atomic E-state index is 5.11. The van der Waals surface area contributed by atoms with Crippen LogP contribution in [0.25, 0.3) is 0 Å². The second-order valence-corrected chi connectivity index (χ2v) is 2.80. The second kappa shape index (κ2) is 5.40. The van der Waals surface area contributed by atoms with E-state index in [1.807, 2.05) is 19.1 Å². The molecule has 1 heteroatoms. The Morgan fingerprint density at radius 3 is 2.54 bits per heavy atom. The molecule has 0 amide bonds. The molecule has 0 unspecified atom stereocenters. The van der Waals surface area contributed by atoms with Crippen LogP contribution in [0.3, 0.4) is 0 Å². The van der Waals surface area contributed by atoms with E-state index in [1.165, 1.54) is 5.56 Å². The maximum atomic E-state index is 5.11. The summed E-state index contributed by atoms with van der Waals surface area (Å²) in [7, 11) is 0. The molecule has 0 bridgehead atoms. The summed E-state index contributed by atoms with van der Waals surface area (Å²) in [5.74, 6) is 5.98. The van der Waals surface area contributed by atoms with Crippen molar-refractivity contribution in [3.8, 4) is 11.8 Å². The molecule has 0 saturated carbocycles. The van der Waals surface area contributed by atoms with Gasteiger partial charge in [-0.05, 0) is 26.0 Å². The van der Waals surface area contributed by atoms with E-state index in [-0.39, 0.29) is 0 Å². The van der Waals surface area contributed by atoms with E-state index >= 15 is 0 Å². The van der Waals surface area contributed by atoms with Crippen LogP contribution < -0.4 is 0 Å². The first-order valence-corrected chi connectivity index (χ1v) is 4.46. The van der Waals surface area contributed by atoms with Crippen molar-refractivity contribution in [3.05, 3.63) is 35.4 Å². The molecule has 1 nitrogen and oxygen atoms in total. The molecule has 0 aliphatic carbocycles. The molecule has 1 aromatic rings. The van der Waals surface area contributed by atoms with Crippen LogP contribution in [0.2, 0.25) is 0 Å². The van der Waals surface area contributed by atoms with Gasteiger partial charge in [0.05, 0.1) is 0 Å². The highest BCUT2D eigenvalue weighted by Crippen LogP contribution is 2.00. The molecule has 1 rings (SSSR count). The van der Waals surface area contributed by atoms with Crippen molar-refractivity contribution >= 4 is 0 Å². The molecular formula is C12H14O. The third-order valence-electron chi connectivity index (χ3n) is 1.66. The predicted molar refractivity (Wildman–Crippen MR) is 54.6 cm³/mol. The lowest BCUT2D eigenvalue weighted by Gasteiger charge is -1.92. The fraction of sp³-hybridized carbons (Fsp3) is 0.333. The van der Waals surface area contributed by atoms with Crippen LogP contribution in [0.15, 0.2) is 24.3 Å². The fourth-order valence-electron chi connectivity index (χ4n) is 0.928. The van der Waals surface area contributed by atoms with Crippen LogP contribution in [0, 0.1) is 18.8 Å². The highest BCUT2D eigenvalue weighted by molar-refractivity contribution is 5.35. The van der Waals surface area contributed by atoms with Gasteiger partial charge in [-0.15, -0.1) is 0 Å². The molecule has 0 N–H and O–H groups in total. The quantitative estimate of drug-likeness (QED) is 0.494. The number of benzene rings is 1. The zero-order valence-corrected chi connectivity index (χ0v) is 8.13. The largest absolute Gasteiger partial charge is 0.369 e. The molecule has 0 spiro atoms. The molecule has 0 saturated heterocycles. The highest BCUT2D eigenvalue weighted by Gasteiger charge is 1.84. The summed E-state index contributed by atoms with van der Waals surface area (Å²) < 4.78 is 5.11. The van der Waals surface area contributed by atoms with Crippen molar-refractivity contribution in [2.75, 3.05) is 13.2 Å². The van der Waals surface area contributed by atoms with E-state index < -0.39 is 0 Å². The lowest BCUT2D eigenvalue weighted by atomic mass is 10.2. The lowest BCUT2D eigenvalue weighted by Crippen LogP contribution is -1.88. The van der Waals surface area contributed by atoms with Gasteiger partial charge in [0.15, 0.2) is 0 Å². The van der Waals surface area contributed by atoms with E-state index in [0.29, 0.717) is 6.61 Å². The van der Waals surface area contributed by atoms with Crippen molar-refractivity contribution in [1.82, 2.24) is 0 Å². The van der Waals surface area contributed by atoms with Gasteiger partial charge in [0.1, 0.15) is 6.61 Å². The van der Waals surface area contributed by atoms with Crippen LogP contribution >= 0.6 is 0 Å². The summed E-state index contributed by atoms with van der Waals surface area (Å²) >= 11 is 0. The first-order valence-electron chi connectivity index (χ1n) is 4.46. The van der Waals surface area contributed by atoms with Gasteiger partial charge >= 0.3 is 0 Å². The molecule has 0 aliphatic heterocycles. The van der Waals surface area contributed by atoms with E-state index in [2.05, 4.69) is 30.9 Å². The molecule has 0 aromatic heterocycles. The monoisotopic (exact) mass is 174 g/mol. The van der Waals surface area contributed by atoms with Crippen LogP contribution in [0.4, 0.5) is 0 Å². The summed E-state index contributed by atoms with van der Waals surface area (Å²) in [5, 5.41) is 0. The first-order chi connectivity index (χ1) is 6.33. The third kappa shape index (κ3) is 3.78. The molecule has 1 aromatic carbocycles. The molecule has 13 heavy (non-hydrogen) atoms. The average molecular weight is 174 g/mol. The zero-order chi connectivity index (χ0) is 9.52. The van der Waals surface area contributed by atoms with Gasteiger partial charge in [-0.25, -0.2) is 0 Å². The number of ether oxygens (including phenoxy) is 1. The fourth-order valence-corrected chi connectivity index (χ4v) is 0.928. The Morgan fingerprint density at radius 2 is 1.92 bits per heavy atom. The molecule has 0 radical (unpaired) electrons. The minimum absolute atomic E-state index is 0.518. The van der Waals surface area contributed by atoms with Crippen LogP contribution in [0.1, 0.15) is 18.1 Å². The highest BCUT2D eigenvalue weighted by atomic mass is 16.5. The predicted octanol–water partition coefficient (Wildman–Crippen LogP) is 2.38. The number of rotatable bonds is 2. The first kappa shape index (κ1) is 9.83. The van der Waals surface area contributed by atoms with Crippen LogP contribution in [0.5, 0.6) is 0 Å². The van der Waals surface area contributed by atoms with Crippen molar-refractivity contribution in [2.24, 2.45) is 0 Å². The molecular weight excluding hydrogens is 160 g/mol. The minimum Gasteiger partial charge on any atom is -0.369 e. The van der Waals surface area contributed by atoms with Gasteiger partial charge in [0.25, 0.3) is 0 Å². The SMILES string of the molecule is CCOCC#Cc1ccc(C)cc1. The number of hydrogen-bond acceptors (Lipinski definition) is 1. The Hall–Kier alpha value is -1.26. The number of hydrogen-bond donors (Lipinski definition) is 0. The Balaban J connectivity index is 2.52. The van der Waals surface area contributed by atoms with Crippen molar-refractivity contribution in [1.29, 1.82) is 0 Å². The standard InChI is InChI=1S/C12H14O/c1-3-13-10-4-5-12-8-6-11(2)7-9-12/h6-9H,3,10H2,1-2H3. The Labute approximate surface area is 79.7 Å². The van der Waals surface area contributed by atoms with E-state index in [4.69, 9.17) is 4.74 Å². The van der Waals surface area contributed by atoms with E-state index in [0.717, 1.165) is 12.2 Å². The Bertz CT molecular complexity index is 300. The summed E-state index contributed by atoms with van der Waals surface area (Å²) in [6.45, 7) is 5.28. The molecule has 0 fully saturated rings. The maximum Gasteiger partial charge on any atom is 0.108 e. The minimum atomic E-state index is 0.518. The smallest absolute Gasteiger partial charge is 0.108 e. The van der Waals surface area contributed by atoms with Crippen molar-refractivity contribution < 1.29 is 4.74 Å². The van der Waals surface area contributed by atoms with Crippen LogP contribution in [-0.4, -0.2) is 13.2 Å². The zero-order valence-electron chi connectivity index (χ0n) is 8.13. The average Bonchev–Trinajstić information content (AvgIpc) is 2.15. The summed E-state index contributed by atoms with van der Waals surface area (Å²) in [6.07, 6.45) is 0. The second-order valence-electron chi connectivity index (χ2n) is 2.80. The normalized spacial score (nSPS) is 9.08.